The number of rotatable bonds is 7. The molecule has 0 fully saturated rings. The second-order valence-corrected chi connectivity index (χ2v) is 4.36. The highest BCUT2D eigenvalue weighted by Gasteiger charge is 2.17. The smallest absolute Gasteiger partial charge is 0.308 e. The van der Waals surface area contributed by atoms with Crippen molar-refractivity contribution in [2.45, 2.75) is 26.8 Å². The molecular formula is C12H19N3O3. The lowest BCUT2D eigenvalue weighted by molar-refractivity contribution is -0.142. The molecule has 0 saturated carbocycles. The first kappa shape index (κ1) is 14.2. The molecule has 0 aliphatic carbocycles. The van der Waals surface area contributed by atoms with E-state index >= 15 is 0 Å². The number of hydrogen-bond acceptors (Lipinski definition) is 3. The summed E-state index contributed by atoms with van der Waals surface area (Å²) in [5, 5.41) is 8.84. The Balaban J connectivity index is 2.38. The molecule has 1 unspecified atom stereocenters. The molecule has 1 aromatic rings. The molecule has 0 spiro atoms. The van der Waals surface area contributed by atoms with E-state index in [1.807, 2.05) is 10.8 Å². The van der Waals surface area contributed by atoms with Gasteiger partial charge in [0.1, 0.15) is 0 Å². The van der Waals surface area contributed by atoms with E-state index in [9.17, 15) is 9.59 Å². The summed E-state index contributed by atoms with van der Waals surface area (Å²) >= 11 is 0. The molecule has 1 rings (SSSR count). The summed E-state index contributed by atoms with van der Waals surface area (Å²) in [6.45, 7) is 4.66. The number of amides is 1. The summed E-state index contributed by atoms with van der Waals surface area (Å²) in [6, 6.07) is 0. The van der Waals surface area contributed by atoms with Gasteiger partial charge in [-0.15, -0.1) is 0 Å². The number of carbonyl (C=O) groups excluding carboxylic acids is 1. The second kappa shape index (κ2) is 6.78. The SMILES string of the molecule is CC(=O)N(CCCn1ccnc1)CC(C)C(=O)O. The highest BCUT2D eigenvalue weighted by molar-refractivity contribution is 5.75. The molecule has 0 bridgehead atoms. The van der Waals surface area contributed by atoms with Crippen LogP contribution in [0.3, 0.4) is 0 Å². The standard InChI is InChI=1S/C12H19N3O3/c1-10(12(17)18)8-15(11(2)16)6-3-5-14-7-4-13-9-14/h4,7,9-10H,3,5-6,8H2,1-2H3,(H,17,18). The van der Waals surface area contributed by atoms with Gasteiger partial charge in [0, 0.05) is 39.0 Å². The summed E-state index contributed by atoms with van der Waals surface area (Å²) in [5.41, 5.74) is 0. The van der Waals surface area contributed by atoms with Crippen LogP contribution < -0.4 is 0 Å². The average molecular weight is 253 g/mol. The monoisotopic (exact) mass is 253 g/mol. The van der Waals surface area contributed by atoms with Gasteiger partial charge in [-0.05, 0) is 6.42 Å². The van der Waals surface area contributed by atoms with Crippen molar-refractivity contribution in [3.63, 3.8) is 0 Å². The number of imidazole rings is 1. The first-order chi connectivity index (χ1) is 8.50. The summed E-state index contributed by atoms with van der Waals surface area (Å²) in [5.74, 6) is -1.51. The van der Waals surface area contributed by atoms with Gasteiger partial charge in [0.15, 0.2) is 0 Å². The largest absolute Gasteiger partial charge is 0.481 e. The van der Waals surface area contributed by atoms with E-state index in [4.69, 9.17) is 5.11 Å². The van der Waals surface area contributed by atoms with Gasteiger partial charge in [0.25, 0.3) is 0 Å². The fourth-order valence-electron chi connectivity index (χ4n) is 1.65. The van der Waals surface area contributed by atoms with Gasteiger partial charge >= 0.3 is 5.97 Å². The molecular weight excluding hydrogens is 234 g/mol. The van der Waals surface area contributed by atoms with Gasteiger partial charge in [-0.25, -0.2) is 4.98 Å². The van der Waals surface area contributed by atoms with Crippen molar-refractivity contribution in [1.82, 2.24) is 14.5 Å². The number of aliphatic carboxylic acids is 1. The van der Waals surface area contributed by atoms with E-state index in [-0.39, 0.29) is 12.5 Å². The van der Waals surface area contributed by atoms with E-state index in [1.165, 1.54) is 6.92 Å². The normalized spacial score (nSPS) is 12.1. The number of hydrogen-bond donors (Lipinski definition) is 1. The lowest BCUT2D eigenvalue weighted by Crippen LogP contribution is -2.36. The van der Waals surface area contributed by atoms with Gasteiger partial charge in [-0.3, -0.25) is 9.59 Å². The lowest BCUT2D eigenvalue weighted by atomic mass is 10.1. The Labute approximate surface area is 106 Å². The third-order valence-electron chi connectivity index (χ3n) is 2.76. The average Bonchev–Trinajstić information content (AvgIpc) is 2.80. The van der Waals surface area contributed by atoms with Gasteiger partial charge in [0.2, 0.25) is 5.91 Å². The predicted octanol–water partition coefficient (Wildman–Crippen LogP) is 0.842. The molecule has 1 amide bonds. The van der Waals surface area contributed by atoms with Crippen LogP contribution in [0.1, 0.15) is 20.3 Å². The van der Waals surface area contributed by atoms with Crippen LogP contribution in [0.4, 0.5) is 0 Å². The maximum Gasteiger partial charge on any atom is 0.308 e. The Morgan fingerprint density at radius 2 is 2.22 bits per heavy atom. The molecule has 100 valence electrons. The van der Waals surface area contributed by atoms with Crippen LogP contribution in [0.5, 0.6) is 0 Å². The van der Waals surface area contributed by atoms with E-state index in [0.717, 1.165) is 13.0 Å². The predicted molar refractivity (Wildman–Crippen MR) is 65.9 cm³/mol. The van der Waals surface area contributed by atoms with Crippen LogP contribution in [-0.2, 0) is 16.1 Å². The number of carboxylic acids is 1. The molecule has 18 heavy (non-hydrogen) atoms. The summed E-state index contributed by atoms with van der Waals surface area (Å²) in [6.07, 6.45) is 6.06. The third-order valence-corrected chi connectivity index (χ3v) is 2.76. The first-order valence-corrected chi connectivity index (χ1v) is 5.94. The minimum Gasteiger partial charge on any atom is -0.481 e. The Morgan fingerprint density at radius 3 is 2.72 bits per heavy atom. The summed E-state index contributed by atoms with van der Waals surface area (Å²) in [4.78, 5) is 27.7. The van der Waals surface area contributed by atoms with Gasteiger partial charge in [-0.2, -0.15) is 0 Å². The van der Waals surface area contributed by atoms with Crippen LogP contribution >= 0.6 is 0 Å². The molecule has 0 saturated heterocycles. The van der Waals surface area contributed by atoms with Gasteiger partial charge < -0.3 is 14.6 Å². The maximum atomic E-state index is 11.4. The van der Waals surface area contributed by atoms with E-state index < -0.39 is 11.9 Å². The highest BCUT2D eigenvalue weighted by atomic mass is 16.4. The molecule has 0 radical (unpaired) electrons. The van der Waals surface area contributed by atoms with Crippen molar-refractivity contribution in [2.24, 2.45) is 5.92 Å². The van der Waals surface area contributed by atoms with Crippen LogP contribution in [0.25, 0.3) is 0 Å². The van der Waals surface area contributed by atoms with Gasteiger partial charge in [-0.1, -0.05) is 6.92 Å². The Kier molecular flexibility index (Phi) is 5.35. The molecule has 6 nitrogen and oxygen atoms in total. The van der Waals surface area contributed by atoms with Crippen molar-refractivity contribution in [1.29, 1.82) is 0 Å². The van der Waals surface area contributed by atoms with Crippen molar-refractivity contribution >= 4 is 11.9 Å². The zero-order valence-corrected chi connectivity index (χ0v) is 10.7. The molecule has 1 aromatic heterocycles. The van der Waals surface area contributed by atoms with Crippen molar-refractivity contribution in [3.8, 4) is 0 Å². The molecule has 6 heteroatoms. The number of carboxylic acid groups (broad SMARTS) is 1. The topological polar surface area (TPSA) is 75.4 Å². The van der Waals surface area contributed by atoms with Crippen molar-refractivity contribution < 1.29 is 14.7 Å². The first-order valence-electron chi connectivity index (χ1n) is 5.94. The van der Waals surface area contributed by atoms with E-state index in [0.29, 0.717) is 6.54 Å². The van der Waals surface area contributed by atoms with E-state index in [2.05, 4.69) is 4.98 Å². The van der Waals surface area contributed by atoms with Crippen LogP contribution in [0, 0.1) is 5.92 Å². The summed E-state index contributed by atoms with van der Waals surface area (Å²) < 4.78 is 1.93. The lowest BCUT2D eigenvalue weighted by Gasteiger charge is -2.23. The molecule has 0 aliphatic rings. The summed E-state index contributed by atoms with van der Waals surface area (Å²) in [7, 11) is 0. The van der Waals surface area contributed by atoms with E-state index in [1.54, 1.807) is 24.3 Å². The number of nitrogens with zero attached hydrogens (tertiary/aromatic N) is 3. The highest BCUT2D eigenvalue weighted by Crippen LogP contribution is 2.03. The zero-order valence-electron chi connectivity index (χ0n) is 10.7. The van der Waals surface area contributed by atoms with Crippen molar-refractivity contribution in [2.75, 3.05) is 13.1 Å². The molecule has 0 aromatic carbocycles. The Morgan fingerprint density at radius 1 is 1.50 bits per heavy atom. The van der Waals surface area contributed by atoms with Crippen LogP contribution in [0.15, 0.2) is 18.7 Å². The van der Waals surface area contributed by atoms with Crippen LogP contribution in [-0.4, -0.2) is 44.5 Å². The van der Waals surface area contributed by atoms with Gasteiger partial charge in [0.05, 0.1) is 12.2 Å². The second-order valence-electron chi connectivity index (χ2n) is 4.36. The molecule has 0 aliphatic heterocycles. The Hall–Kier alpha value is -1.85. The van der Waals surface area contributed by atoms with Crippen LogP contribution in [0.2, 0.25) is 0 Å². The minimum absolute atomic E-state index is 0.0891. The molecule has 1 atom stereocenters. The molecule has 1 heterocycles. The number of aromatic nitrogens is 2. The molecule has 1 N–H and O–H groups in total. The zero-order chi connectivity index (χ0) is 13.5. The number of aryl methyl sites for hydroxylation is 1. The fraction of sp³-hybridized carbons (Fsp3) is 0.583. The Bertz CT molecular complexity index is 389. The third kappa shape index (κ3) is 4.57. The minimum atomic E-state index is -0.879. The maximum absolute atomic E-state index is 11.4. The quantitative estimate of drug-likeness (QED) is 0.781. The van der Waals surface area contributed by atoms with Crippen molar-refractivity contribution in [3.05, 3.63) is 18.7 Å². The fourth-order valence-corrected chi connectivity index (χ4v) is 1.65. The number of carbonyl (C=O) groups is 2.